The van der Waals surface area contributed by atoms with E-state index in [1.807, 2.05) is 0 Å². The van der Waals surface area contributed by atoms with Crippen molar-refractivity contribution < 1.29 is 14.4 Å². The molecule has 0 aromatic carbocycles. The van der Waals surface area contributed by atoms with E-state index in [9.17, 15) is 5.11 Å². The van der Waals surface area contributed by atoms with Crippen molar-refractivity contribution in [1.82, 2.24) is 15.5 Å². The number of aliphatic hydroxyl groups is 1. The van der Waals surface area contributed by atoms with E-state index in [4.69, 9.17) is 9.26 Å². The Bertz CT molecular complexity index is 490. The first kappa shape index (κ1) is 14.9. The monoisotopic (exact) mass is 295 g/mol. The Morgan fingerprint density at radius 3 is 2.57 bits per heavy atom. The lowest BCUT2D eigenvalue weighted by Crippen LogP contribution is -2.37. The summed E-state index contributed by atoms with van der Waals surface area (Å²) in [5, 5.41) is 17.0. The molecule has 1 aromatic heterocycles. The second-order valence-corrected chi connectivity index (χ2v) is 7.17. The minimum absolute atomic E-state index is 0.0461. The molecule has 118 valence electrons. The summed E-state index contributed by atoms with van der Waals surface area (Å²) in [7, 11) is 1.73. The number of hydrogen-bond donors (Lipinski definition) is 2. The van der Waals surface area contributed by atoms with E-state index in [2.05, 4.69) is 29.3 Å². The Labute approximate surface area is 125 Å². The number of aromatic nitrogens is 2. The van der Waals surface area contributed by atoms with Crippen LogP contribution in [0.15, 0.2) is 4.52 Å². The Morgan fingerprint density at radius 1 is 1.29 bits per heavy atom. The van der Waals surface area contributed by atoms with Gasteiger partial charge in [0.05, 0.1) is 12.1 Å². The van der Waals surface area contributed by atoms with Crippen LogP contribution in [0.2, 0.25) is 0 Å². The molecular weight excluding hydrogens is 270 g/mol. The van der Waals surface area contributed by atoms with Gasteiger partial charge in [-0.05, 0) is 37.5 Å². The van der Waals surface area contributed by atoms with Gasteiger partial charge in [0.25, 0.3) is 0 Å². The quantitative estimate of drug-likeness (QED) is 0.886. The van der Waals surface area contributed by atoms with Crippen LogP contribution in [-0.2, 0) is 10.3 Å². The average Bonchev–Trinajstić information content (AvgIpc) is 3.08. The maximum Gasteiger partial charge on any atom is 0.243 e. The molecule has 2 fully saturated rings. The Kier molecular flexibility index (Phi) is 3.80. The number of nitrogens with one attached hydrogen (secondary N) is 1. The van der Waals surface area contributed by atoms with Gasteiger partial charge < -0.3 is 19.7 Å². The fraction of sp³-hybridized carbons (Fsp3) is 0.867. The fourth-order valence-electron chi connectivity index (χ4n) is 3.32. The summed E-state index contributed by atoms with van der Waals surface area (Å²) in [5.41, 5.74) is -0.0692. The van der Waals surface area contributed by atoms with E-state index in [1.165, 1.54) is 0 Å². The molecule has 1 saturated carbocycles. The first-order valence-corrected chi connectivity index (χ1v) is 7.75. The van der Waals surface area contributed by atoms with Gasteiger partial charge in [-0.2, -0.15) is 4.98 Å². The standard InChI is InChI=1S/C15H25N3O3/c1-14(2)4-6-15(20-3,7-5-14)13-17-12(21-18-13)11-8-10(19)9-16-11/h10-11,16,19H,4-9H2,1-3H3/t10-,11-/m1/s1. The molecule has 2 aliphatic rings. The van der Waals surface area contributed by atoms with Gasteiger partial charge in [0.2, 0.25) is 11.7 Å². The highest BCUT2D eigenvalue weighted by Gasteiger charge is 2.44. The zero-order valence-electron chi connectivity index (χ0n) is 13.1. The lowest BCUT2D eigenvalue weighted by molar-refractivity contribution is -0.0740. The highest BCUT2D eigenvalue weighted by molar-refractivity contribution is 5.07. The van der Waals surface area contributed by atoms with E-state index in [1.54, 1.807) is 7.11 Å². The molecule has 2 heterocycles. The molecule has 0 bridgehead atoms. The van der Waals surface area contributed by atoms with Crippen LogP contribution in [0.1, 0.15) is 63.7 Å². The number of aliphatic hydroxyl groups excluding tert-OH is 1. The molecule has 1 aliphatic heterocycles. The van der Waals surface area contributed by atoms with Crippen LogP contribution in [0.3, 0.4) is 0 Å². The van der Waals surface area contributed by atoms with E-state index in [-0.39, 0.29) is 12.1 Å². The van der Waals surface area contributed by atoms with Gasteiger partial charge in [-0.1, -0.05) is 19.0 Å². The summed E-state index contributed by atoms with van der Waals surface area (Å²) < 4.78 is 11.2. The molecule has 2 atom stereocenters. The smallest absolute Gasteiger partial charge is 0.243 e. The van der Waals surface area contributed by atoms with Crippen LogP contribution in [-0.4, -0.2) is 35.0 Å². The number of nitrogens with zero attached hydrogens (tertiary/aromatic N) is 2. The summed E-state index contributed by atoms with van der Waals surface area (Å²) in [6.07, 6.45) is 4.29. The lowest BCUT2D eigenvalue weighted by atomic mass is 9.70. The molecule has 3 rings (SSSR count). The van der Waals surface area contributed by atoms with Crippen LogP contribution in [0.25, 0.3) is 0 Å². The fourth-order valence-corrected chi connectivity index (χ4v) is 3.32. The minimum Gasteiger partial charge on any atom is -0.392 e. The number of ether oxygens (including phenoxy) is 1. The lowest BCUT2D eigenvalue weighted by Gasteiger charge is -2.40. The zero-order chi connectivity index (χ0) is 15.1. The van der Waals surface area contributed by atoms with Gasteiger partial charge in [-0.3, -0.25) is 0 Å². The third-order valence-corrected chi connectivity index (χ3v) is 5.06. The molecule has 0 radical (unpaired) electrons. The van der Waals surface area contributed by atoms with E-state index < -0.39 is 5.60 Å². The van der Waals surface area contributed by atoms with Crippen LogP contribution >= 0.6 is 0 Å². The van der Waals surface area contributed by atoms with E-state index in [0.717, 1.165) is 25.7 Å². The van der Waals surface area contributed by atoms with Crippen molar-refractivity contribution in [2.24, 2.45) is 5.41 Å². The molecule has 1 saturated heterocycles. The van der Waals surface area contributed by atoms with Crippen LogP contribution < -0.4 is 5.32 Å². The maximum atomic E-state index is 9.59. The molecule has 1 aromatic rings. The zero-order valence-corrected chi connectivity index (χ0v) is 13.1. The van der Waals surface area contributed by atoms with Crippen molar-refractivity contribution >= 4 is 0 Å². The van der Waals surface area contributed by atoms with E-state index in [0.29, 0.717) is 30.1 Å². The maximum absolute atomic E-state index is 9.59. The molecule has 6 heteroatoms. The van der Waals surface area contributed by atoms with Gasteiger partial charge in [0.1, 0.15) is 5.60 Å². The molecular formula is C15H25N3O3. The van der Waals surface area contributed by atoms with Crippen molar-refractivity contribution in [2.45, 2.75) is 63.7 Å². The molecule has 0 spiro atoms. The van der Waals surface area contributed by atoms with Crippen molar-refractivity contribution in [2.75, 3.05) is 13.7 Å². The molecule has 6 nitrogen and oxygen atoms in total. The predicted molar refractivity (Wildman–Crippen MR) is 76.6 cm³/mol. The highest BCUT2D eigenvalue weighted by Crippen LogP contribution is 2.46. The Balaban J connectivity index is 1.78. The van der Waals surface area contributed by atoms with Gasteiger partial charge in [0, 0.05) is 13.7 Å². The van der Waals surface area contributed by atoms with Crippen LogP contribution in [0.4, 0.5) is 0 Å². The number of methoxy groups -OCH3 is 1. The van der Waals surface area contributed by atoms with Crippen LogP contribution in [0, 0.1) is 5.41 Å². The molecule has 1 aliphatic carbocycles. The second-order valence-electron chi connectivity index (χ2n) is 7.17. The average molecular weight is 295 g/mol. The topological polar surface area (TPSA) is 80.4 Å². The van der Waals surface area contributed by atoms with E-state index >= 15 is 0 Å². The van der Waals surface area contributed by atoms with Gasteiger partial charge >= 0.3 is 0 Å². The normalized spacial score (nSPS) is 31.4. The minimum atomic E-state index is -0.422. The SMILES string of the molecule is COC1(c2noc([C@H]3C[C@@H](O)CN3)n2)CCC(C)(C)CC1. The first-order chi connectivity index (χ1) is 9.94. The summed E-state index contributed by atoms with van der Waals surface area (Å²) >= 11 is 0. The van der Waals surface area contributed by atoms with Crippen molar-refractivity contribution in [1.29, 1.82) is 0 Å². The molecule has 0 unspecified atom stereocenters. The molecule has 21 heavy (non-hydrogen) atoms. The number of hydrogen-bond acceptors (Lipinski definition) is 6. The van der Waals surface area contributed by atoms with Gasteiger partial charge in [0.15, 0.2) is 0 Å². The third kappa shape index (κ3) is 2.84. The van der Waals surface area contributed by atoms with Gasteiger partial charge in [-0.15, -0.1) is 0 Å². The summed E-state index contributed by atoms with van der Waals surface area (Å²) in [6, 6.07) is -0.0461. The summed E-state index contributed by atoms with van der Waals surface area (Å²) in [6.45, 7) is 5.15. The Hall–Kier alpha value is -0.980. The second kappa shape index (κ2) is 5.34. The largest absolute Gasteiger partial charge is 0.392 e. The molecule has 2 N–H and O–H groups in total. The number of rotatable bonds is 3. The van der Waals surface area contributed by atoms with Gasteiger partial charge in [-0.25, -0.2) is 0 Å². The number of β-amino-alcohol motifs (C(OH)–C–C–N with tert-alkyl or cyclic N) is 1. The molecule has 0 amide bonds. The highest BCUT2D eigenvalue weighted by atomic mass is 16.5. The predicted octanol–water partition coefficient (Wildman–Crippen LogP) is 1.91. The Morgan fingerprint density at radius 2 is 2.00 bits per heavy atom. The summed E-state index contributed by atoms with van der Waals surface area (Å²) in [4.78, 5) is 4.56. The third-order valence-electron chi connectivity index (χ3n) is 5.06. The van der Waals surface area contributed by atoms with Crippen molar-refractivity contribution in [3.8, 4) is 0 Å². The van der Waals surface area contributed by atoms with Crippen molar-refractivity contribution in [3.05, 3.63) is 11.7 Å². The first-order valence-electron chi connectivity index (χ1n) is 7.75. The van der Waals surface area contributed by atoms with Crippen molar-refractivity contribution in [3.63, 3.8) is 0 Å². The van der Waals surface area contributed by atoms with Crippen LogP contribution in [0.5, 0.6) is 0 Å². The summed E-state index contributed by atoms with van der Waals surface area (Å²) in [5.74, 6) is 1.21.